The lowest BCUT2D eigenvalue weighted by Crippen LogP contribution is -2.46. The molecule has 0 radical (unpaired) electrons. The summed E-state index contributed by atoms with van der Waals surface area (Å²) in [6.45, 7) is 4.03. The number of nitrogens with one attached hydrogen (secondary N) is 1. The van der Waals surface area contributed by atoms with Crippen molar-refractivity contribution in [3.8, 4) is 6.07 Å². The SMILES string of the molecule is CCCN(CC#N)C1CCCCNC1=O. The Hall–Kier alpha value is -1.08. The van der Waals surface area contributed by atoms with E-state index in [4.69, 9.17) is 5.26 Å². The number of carbonyl (C=O) groups is 1. The normalized spacial score (nSPS) is 21.9. The zero-order valence-electron chi connectivity index (χ0n) is 9.33. The lowest BCUT2D eigenvalue weighted by Gasteiger charge is -2.26. The summed E-state index contributed by atoms with van der Waals surface area (Å²) in [5, 5.41) is 11.6. The number of nitriles is 1. The van der Waals surface area contributed by atoms with Gasteiger partial charge < -0.3 is 5.32 Å². The van der Waals surface area contributed by atoms with E-state index in [1.54, 1.807) is 0 Å². The minimum atomic E-state index is -0.0906. The second-order valence-corrected chi connectivity index (χ2v) is 3.93. The third-order valence-electron chi connectivity index (χ3n) is 2.73. The van der Waals surface area contributed by atoms with E-state index < -0.39 is 0 Å². The van der Waals surface area contributed by atoms with Gasteiger partial charge in [-0.25, -0.2) is 0 Å². The van der Waals surface area contributed by atoms with Crippen molar-refractivity contribution in [2.45, 2.75) is 38.6 Å². The van der Waals surface area contributed by atoms with Crippen LogP contribution in [0.1, 0.15) is 32.6 Å². The van der Waals surface area contributed by atoms with Gasteiger partial charge in [-0.2, -0.15) is 5.26 Å². The summed E-state index contributed by atoms with van der Waals surface area (Å²) < 4.78 is 0. The zero-order chi connectivity index (χ0) is 11.1. The fraction of sp³-hybridized carbons (Fsp3) is 0.818. The molecule has 84 valence electrons. The Bertz CT molecular complexity index is 247. The van der Waals surface area contributed by atoms with Crippen molar-refractivity contribution in [3.05, 3.63) is 0 Å². The lowest BCUT2D eigenvalue weighted by atomic mass is 10.1. The molecule has 1 heterocycles. The first-order valence-corrected chi connectivity index (χ1v) is 5.68. The number of hydrogen-bond donors (Lipinski definition) is 1. The van der Waals surface area contributed by atoms with Crippen LogP contribution in [0.4, 0.5) is 0 Å². The summed E-state index contributed by atoms with van der Waals surface area (Å²) in [7, 11) is 0. The van der Waals surface area contributed by atoms with Gasteiger partial charge in [-0.15, -0.1) is 0 Å². The Morgan fingerprint density at radius 1 is 1.60 bits per heavy atom. The maximum absolute atomic E-state index is 11.7. The molecule has 4 heteroatoms. The lowest BCUT2D eigenvalue weighted by molar-refractivity contribution is -0.125. The van der Waals surface area contributed by atoms with Gasteiger partial charge in [-0.1, -0.05) is 6.92 Å². The van der Waals surface area contributed by atoms with Gasteiger partial charge in [0, 0.05) is 6.54 Å². The third-order valence-corrected chi connectivity index (χ3v) is 2.73. The van der Waals surface area contributed by atoms with Crippen molar-refractivity contribution in [2.24, 2.45) is 0 Å². The standard InChI is InChI=1S/C11H19N3O/c1-2-8-14(9-6-12)10-5-3-4-7-13-11(10)15/h10H,2-5,7-9H2,1H3,(H,13,15). The van der Waals surface area contributed by atoms with Crippen LogP contribution < -0.4 is 5.32 Å². The molecule has 1 fully saturated rings. The van der Waals surface area contributed by atoms with Crippen LogP contribution in [0.5, 0.6) is 0 Å². The summed E-state index contributed by atoms with van der Waals surface area (Å²) in [6, 6.07) is 2.05. The minimum absolute atomic E-state index is 0.0906. The number of amides is 1. The molecule has 0 bridgehead atoms. The molecule has 1 N–H and O–H groups in total. The minimum Gasteiger partial charge on any atom is -0.355 e. The van der Waals surface area contributed by atoms with Crippen LogP contribution in [0, 0.1) is 11.3 Å². The van der Waals surface area contributed by atoms with Crippen molar-refractivity contribution in [1.82, 2.24) is 10.2 Å². The van der Waals surface area contributed by atoms with Gasteiger partial charge in [0.2, 0.25) is 5.91 Å². The van der Waals surface area contributed by atoms with E-state index in [1.807, 2.05) is 4.90 Å². The number of nitrogens with zero attached hydrogens (tertiary/aromatic N) is 2. The largest absolute Gasteiger partial charge is 0.355 e. The Kier molecular flexibility index (Phi) is 5.13. The predicted molar refractivity (Wildman–Crippen MR) is 58.1 cm³/mol. The Morgan fingerprint density at radius 3 is 3.07 bits per heavy atom. The van der Waals surface area contributed by atoms with Crippen LogP contribution in [-0.4, -0.2) is 36.5 Å². The first-order chi connectivity index (χ1) is 7.29. The molecule has 0 aromatic rings. The molecule has 1 atom stereocenters. The summed E-state index contributed by atoms with van der Waals surface area (Å²) in [5.74, 6) is 0.0937. The Labute approximate surface area is 91.2 Å². The van der Waals surface area contributed by atoms with Crippen LogP contribution >= 0.6 is 0 Å². The number of rotatable bonds is 4. The average Bonchev–Trinajstić information content (AvgIpc) is 2.43. The fourth-order valence-corrected chi connectivity index (χ4v) is 1.99. The topological polar surface area (TPSA) is 56.1 Å². The molecule has 4 nitrogen and oxygen atoms in total. The van der Waals surface area contributed by atoms with Crippen molar-refractivity contribution in [1.29, 1.82) is 5.26 Å². The van der Waals surface area contributed by atoms with Crippen LogP contribution in [0.25, 0.3) is 0 Å². The zero-order valence-corrected chi connectivity index (χ0v) is 9.33. The molecule has 0 spiro atoms. The highest BCUT2D eigenvalue weighted by molar-refractivity contribution is 5.81. The average molecular weight is 209 g/mol. The van der Waals surface area contributed by atoms with Crippen molar-refractivity contribution >= 4 is 5.91 Å². The first kappa shape index (κ1) is 12.0. The molecule has 1 unspecified atom stereocenters. The van der Waals surface area contributed by atoms with Gasteiger partial charge in [0.15, 0.2) is 0 Å². The van der Waals surface area contributed by atoms with Gasteiger partial charge in [0.05, 0.1) is 18.7 Å². The monoisotopic (exact) mass is 209 g/mol. The second kappa shape index (κ2) is 6.41. The molecule has 1 amide bonds. The van der Waals surface area contributed by atoms with E-state index >= 15 is 0 Å². The Balaban J connectivity index is 2.62. The molecular formula is C11H19N3O. The van der Waals surface area contributed by atoms with Crippen LogP contribution in [-0.2, 0) is 4.79 Å². The summed E-state index contributed by atoms with van der Waals surface area (Å²) in [5.41, 5.74) is 0. The molecule has 0 aromatic heterocycles. The van der Waals surface area contributed by atoms with Crippen molar-refractivity contribution < 1.29 is 4.79 Å². The molecule has 0 aromatic carbocycles. The first-order valence-electron chi connectivity index (χ1n) is 5.68. The maximum atomic E-state index is 11.7. The fourth-order valence-electron chi connectivity index (χ4n) is 1.99. The molecule has 15 heavy (non-hydrogen) atoms. The summed E-state index contributed by atoms with van der Waals surface area (Å²) >= 11 is 0. The van der Waals surface area contributed by atoms with Gasteiger partial charge in [-0.3, -0.25) is 9.69 Å². The van der Waals surface area contributed by atoms with E-state index in [1.165, 1.54) is 0 Å². The van der Waals surface area contributed by atoms with Gasteiger partial charge in [0.25, 0.3) is 0 Å². The highest BCUT2D eigenvalue weighted by Crippen LogP contribution is 2.12. The van der Waals surface area contributed by atoms with Crippen LogP contribution in [0.2, 0.25) is 0 Å². The van der Waals surface area contributed by atoms with Crippen molar-refractivity contribution in [2.75, 3.05) is 19.6 Å². The van der Waals surface area contributed by atoms with Crippen molar-refractivity contribution in [3.63, 3.8) is 0 Å². The van der Waals surface area contributed by atoms with Gasteiger partial charge >= 0.3 is 0 Å². The van der Waals surface area contributed by atoms with Crippen LogP contribution in [0.3, 0.4) is 0 Å². The van der Waals surface area contributed by atoms with E-state index in [9.17, 15) is 4.79 Å². The second-order valence-electron chi connectivity index (χ2n) is 3.93. The third kappa shape index (κ3) is 3.52. The summed E-state index contributed by atoms with van der Waals surface area (Å²) in [6.07, 6.45) is 3.97. The van der Waals surface area contributed by atoms with Gasteiger partial charge in [-0.05, 0) is 32.2 Å². The van der Waals surface area contributed by atoms with Crippen LogP contribution in [0.15, 0.2) is 0 Å². The smallest absolute Gasteiger partial charge is 0.237 e. The quantitative estimate of drug-likeness (QED) is 0.700. The molecular weight excluding hydrogens is 190 g/mol. The molecule has 1 saturated heterocycles. The van der Waals surface area contributed by atoms with E-state index in [0.717, 1.165) is 38.8 Å². The Morgan fingerprint density at radius 2 is 2.40 bits per heavy atom. The van der Waals surface area contributed by atoms with E-state index in [2.05, 4.69) is 18.3 Å². The highest BCUT2D eigenvalue weighted by atomic mass is 16.2. The van der Waals surface area contributed by atoms with E-state index in [-0.39, 0.29) is 11.9 Å². The molecule has 0 saturated carbocycles. The molecule has 0 aliphatic carbocycles. The number of carbonyl (C=O) groups excluding carboxylic acids is 1. The molecule has 1 aliphatic rings. The maximum Gasteiger partial charge on any atom is 0.237 e. The molecule has 1 aliphatic heterocycles. The number of hydrogen-bond acceptors (Lipinski definition) is 3. The highest BCUT2D eigenvalue weighted by Gasteiger charge is 2.26. The predicted octanol–water partition coefficient (Wildman–Crippen LogP) is 0.891. The summed E-state index contributed by atoms with van der Waals surface area (Å²) in [4.78, 5) is 13.7. The molecule has 1 rings (SSSR count). The van der Waals surface area contributed by atoms with Gasteiger partial charge in [0.1, 0.15) is 0 Å². The van der Waals surface area contributed by atoms with E-state index in [0.29, 0.717) is 6.54 Å².